The second-order valence-electron chi connectivity index (χ2n) is 20.1. The first-order chi connectivity index (χ1) is 33.8. The predicted molar refractivity (Wildman–Crippen MR) is 290 cm³/mol. The van der Waals surface area contributed by atoms with Gasteiger partial charge in [-0.3, -0.25) is 4.79 Å². The second kappa shape index (κ2) is 49.5. The topological polar surface area (TPSA) is 149 Å². The van der Waals surface area contributed by atoms with Crippen molar-refractivity contribution in [3.8, 4) is 0 Å². The molecule has 1 rings (SSSR count). The number of unbranched alkanes of at least 4 members (excludes halogenated alkanes) is 31. The minimum Gasteiger partial charge on any atom is -0.394 e. The molecule has 0 aromatic rings. The Morgan fingerprint density at radius 3 is 1.33 bits per heavy atom. The molecular weight excluding hydrogens is 863 g/mol. The molecule has 1 aliphatic heterocycles. The van der Waals surface area contributed by atoms with E-state index in [4.69, 9.17) is 9.47 Å². The van der Waals surface area contributed by atoms with Crippen molar-refractivity contribution < 1.29 is 39.8 Å². The van der Waals surface area contributed by atoms with E-state index in [-0.39, 0.29) is 12.5 Å². The van der Waals surface area contributed by atoms with Gasteiger partial charge >= 0.3 is 0 Å². The fourth-order valence-corrected chi connectivity index (χ4v) is 9.03. The fraction of sp³-hybridized carbons (Fsp3) is 0.817. The van der Waals surface area contributed by atoms with Gasteiger partial charge in [0.15, 0.2) is 6.29 Å². The Hall–Kier alpha value is -2.11. The summed E-state index contributed by atoms with van der Waals surface area (Å²) in [5.74, 6) is -0.176. The Bertz CT molecular complexity index is 1270. The monoisotopic (exact) mass is 972 g/mol. The molecule has 1 amide bonds. The quantitative estimate of drug-likeness (QED) is 0.0261. The smallest absolute Gasteiger partial charge is 0.220 e. The number of hydrogen-bond donors (Lipinski definition) is 6. The summed E-state index contributed by atoms with van der Waals surface area (Å²) < 4.78 is 11.3. The van der Waals surface area contributed by atoms with Crippen molar-refractivity contribution in [1.29, 1.82) is 0 Å². The molecule has 9 nitrogen and oxygen atoms in total. The van der Waals surface area contributed by atoms with Crippen LogP contribution >= 0.6 is 0 Å². The van der Waals surface area contributed by atoms with Crippen molar-refractivity contribution in [1.82, 2.24) is 5.32 Å². The Morgan fingerprint density at radius 1 is 0.507 bits per heavy atom. The lowest BCUT2D eigenvalue weighted by atomic mass is 9.99. The van der Waals surface area contributed by atoms with Crippen LogP contribution in [-0.4, -0.2) is 87.5 Å². The first kappa shape index (κ1) is 64.9. The number of rotatable bonds is 49. The van der Waals surface area contributed by atoms with Crippen molar-refractivity contribution >= 4 is 5.91 Å². The van der Waals surface area contributed by atoms with E-state index in [1.54, 1.807) is 6.08 Å². The van der Waals surface area contributed by atoms with Gasteiger partial charge in [0.2, 0.25) is 5.91 Å². The Morgan fingerprint density at radius 2 is 0.899 bits per heavy atom. The van der Waals surface area contributed by atoms with Gasteiger partial charge in [0.25, 0.3) is 0 Å². The van der Waals surface area contributed by atoms with Crippen LogP contribution in [0.3, 0.4) is 0 Å². The molecule has 9 heteroatoms. The van der Waals surface area contributed by atoms with Crippen molar-refractivity contribution in [3.63, 3.8) is 0 Å². The number of carbonyl (C=O) groups is 1. The number of carbonyl (C=O) groups excluding carboxylic acids is 1. The third kappa shape index (κ3) is 39.1. The van der Waals surface area contributed by atoms with E-state index in [2.05, 4.69) is 67.8 Å². The van der Waals surface area contributed by atoms with E-state index in [1.807, 2.05) is 6.08 Å². The minimum absolute atomic E-state index is 0.176. The number of aliphatic hydroxyl groups is 5. The highest BCUT2D eigenvalue weighted by molar-refractivity contribution is 5.76. The largest absolute Gasteiger partial charge is 0.394 e. The maximum Gasteiger partial charge on any atom is 0.220 e. The molecular formula is C60H109NO8. The van der Waals surface area contributed by atoms with Crippen LogP contribution < -0.4 is 5.32 Å². The Kier molecular flexibility index (Phi) is 46.5. The summed E-state index contributed by atoms with van der Waals surface area (Å²) in [4.78, 5) is 13.1. The fourth-order valence-electron chi connectivity index (χ4n) is 9.03. The van der Waals surface area contributed by atoms with Gasteiger partial charge in [-0.1, -0.05) is 254 Å². The van der Waals surface area contributed by atoms with E-state index >= 15 is 0 Å². The first-order valence-electron chi connectivity index (χ1n) is 29.0. The zero-order valence-corrected chi connectivity index (χ0v) is 44.6. The molecule has 0 aromatic carbocycles. The van der Waals surface area contributed by atoms with Crippen LogP contribution in [0.15, 0.2) is 60.8 Å². The van der Waals surface area contributed by atoms with Crippen molar-refractivity contribution in [2.24, 2.45) is 0 Å². The highest BCUT2D eigenvalue weighted by atomic mass is 16.7. The predicted octanol–water partition coefficient (Wildman–Crippen LogP) is 14.3. The van der Waals surface area contributed by atoms with E-state index in [1.165, 1.54) is 173 Å². The number of allylic oxidation sites excluding steroid dienone is 9. The summed E-state index contributed by atoms with van der Waals surface area (Å²) in [7, 11) is 0. The number of ether oxygens (including phenoxy) is 2. The van der Waals surface area contributed by atoms with Gasteiger partial charge in [0.05, 0.1) is 25.4 Å². The van der Waals surface area contributed by atoms with Crippen LogP contribution in [0.25, 0.3) is 0 Å². The van der Waals surface area contributed by atoms with Gasteiger partial charge in [0.1, 0.15) is 24.4 Å². The van der Waals surface area contributed by atoms with Crippen LogP contribution in [-0.2, 0) is 14.3 Å². The molecule has 7 atom stereocenters. The van der Waals surface area contributed by atoms with Crippen LogP contribution in [0.5, 0.6) is 0 Å². The third-order valence-electron chi connectivity index (χ3n) is 13.6. The van der Waals surface area contributed by atoms with Gasteiger partial charge in [-0.2, -0.15) is 0 Å². The van der Waals surface area contributed by atoms with E-state index < -0.39 is 49.5 Å². The Labute approximate surface area is 424 Å². The van der Waals surface area contributed by atoms with E-state index in [0.717, 1.165) is 64.2 Å². The molecule has 402 valence electrons. The maximum absolute atomic E-state index is 13.1. The zero-order chi connectivity index (χ0) is 50.1. The van der Waals surface area contributed by atoms with Gasteiger partial charge in [-0.25, -0.2) is 0 Å². The molecule has 0 spiro atoms. The maximum atomic E-state index is 13.1. The van der Waals surface area contributed by atoms with Gasteiger partial charge in [0, 0.05) is 6.42 Å². The molecule has 7 unspecified atom stereocenters. The molecule has 1 heterocycles. The van der Waals surface area contributed by atoms with Gasteiger partial charge in [-0.15, -0.1) is 0 Å². The summed E-state index contributed by atoms with van der Waals surface area (Å²) in [6, 6.07) is -0.806. The molecule has 0 bridgehead atoms. The summed E-state index contributed by atoms with van der Waals surface area (Å²) in [5.41, 5.74) is 0. The molecule has 0 radical (unpaired) electrons. The summed E-state index contributed by atoms with van der Waals surface area (Å²) in [6.45, 7) is 3.68. The van der Waals surface area contributed by atoms with Crippen LogP contribution in [0.4, 0.5) is 0 Å². The van der Waals surface area contributed by atoms with Crippen LogP contribution in [0.1, 0.15) is 258 Å². The first-order valence-corrected chi connectivity index (χ1v) is 29.0. The molecule has 0 aliphatic carbocycles. The lowest BCUT2D eigenvalue weighted by Gasteiger charge is -2.40. The molecule has 69 heavy (non-hydrogen) atoms. The van der Waals surface area contributed by atoms with Gasteiger partial charge < -0.3 is 40.3 Å². The second-order valence-corrected chi connectivity index (χ2v) is 20.1. The third-order valence-corrected chi connectivity index (χ3v) is 13.6. The lowest BCUT2D eigenvalue weighted by molar-refractivity contribution is -0.302. The minimum atomic E-state index is -1.57. The highest BCUT2D eigenvalue weighted by Gasteiger charge is 2.44. The summed E-state index contributed by atoms with van der Waals surface area (Å²) >= 11 is 0. The standard InChI is InChI=1S/C60H109NO8/c1-3-5-7-9-11-13-15-17-19-21-22-23-24-25-26-27-28-29-30-31-32-34-36-38-40-42-44-46-48-50-56(64)61-53(52-68-60-59(67)58(66)57(65)55(51-62)69-60)54(63)49-47-45-43-41-39-37-35-33-20-18-16-14-12-10-8-6-4-2/h5,7,11,13,17,19,22-23,47,49,53-55,57-60,62-63,65-67H,3-4,6,8-10,12,14-16,18,20-21,24-46,48,50-52H2,1-2H3,(H,61,64)/b7-5-,13-11-,19-17-,23-22-,49-47+. The SMILES string of the molecule is CC/C=C\C/C=C\C/C=C\C/C=C\CCCCCCCCCCCCCCCCCCC(=O)NC(COC1OC(CO)C(O)C(O)C1O)C(O)/C=C/CCCCCCCCCCCCCCCCC. The molecule has 0 saturated carbocycles. The van der Waals surface area contributed by atoms with E-state index in [0.29, 0.717) is 6.42 Å². The normalized spacial score (nSPS) is 19.9. The number of nitrogens with one attached hydrogen (secondary N) is 1. The number of hydrogen-bond acceptors (Lipinski definition) is 8. The summed E-state index contributed by atoms with van der Waals surface area (Å²) in [6.07, 6.45) is 60.0. The molecule has 1 aliphatic rings. The number of amides is 1. The Balaban J connectivity index is 2.18. The van der Waals surface area contributed by atoms with Crippen LogP contribution in [0.2, 0.25) is 0 Å². The molecule has 0 aromatic heterocycles. The number of aliphatic hydroxyl groups excluding tert-OH is 5. The average molecular weight is 973 g/mol. The highest BCUT2D eigenvalue weighted by Crippen LogP contribution is 2.23. The van der Waals surface area contributed by atoms with Crippen LogP contribution in [0, 0.1) is 0 Å². The molecule has 1 saturated heterocycles. The summed E-state index contributed by atoms with van der Waals surface area (Å²) in [5, 5.41) is 54.5. The molecule has 6 N–H and O–H groups in total. The van der Waals surface area contributed by atoms with Crippen molar-refractivity contribution in [2.45, 2.75) is 301 Å². The van der Waals surface area contributed by atoms with Gasteiger partial charge in [-0.05, 0) is 57.8 Å². The van der Waals surface area contributed by atoms with E-state index in [9.17, 15) is 30.3 Å². The lowest BCUT2D eigenvalue weighted by Crippen LogP contribution is -2.60. The van der Waals surface area contributed by atoms with Crippen molar-refractivity contribution in [2.75, 3.05) is 13.2 Å². The molecule has 1 fully saturated rings. The van der Waals surface area contributed by atoms with Crippen molar-refractivity contribution in [3.05, 3.63) is 60.8 Å². The zero-order valence-electron chi connectivity index (χ0n) is 44.6. The average Bonchev–Trinajstić information content (AvgIpc) is 3.35.